The van der Waals surface area contributed by atoms with Gasteiger partial charge < -0.3 is 4.74 Å². The largest absolute Gasteiger partial charge is 0.467 e. The SMILES string of the molecule is COC(=O)[C@@]1(c2ccccc2)[C@H](c2ccccc2)N1S(=O)C(C)(C)C. The lowest BCUT2D eigenvalue weighted by molar-refractivity contribution is -0.144. The predicted octanol–water partition coefficient (Wildman–Crippen LogP) is 3.57. The number of esters is 1. The summed E-state index contributed by atoms with van der Waals surface area (Å²) in [6, 6.07) is 18.9. The number of benzene rings is 2. The third kappa shape index (κ3) is 2.81. The van der Waals surface area contributed by atoms with Crippen LogP contribution < -0.4 is 0 Å². The fourth-order valence-electron chi connectivity index (χ4n) is 3.25. The van der Waals surface area contributed by atoms with Crippen LogP contribution >= 0.6 is 0 Å². The van der Waals surface area contributed by atoms with Crippen LogP contribution in [-0.2, 0) is 26.1 Å². The second-order valence-corrected chi connectivity index (χ2v) is 9.24. The molecule has 0 N–H and O–H groups in total. The van der Waals surface area contributed by atoms with Crippen molar-refractivity contribution < 1.29 is 13.7 Å². The van der Waals surface area contributed by atoms with Crippen LogP contribution in [0.2, 0.25) is 0 Å². The summed E-state index contributed by atoms with van der Waals surface area (Å²) < 4.78 is 19.7. The van der Waals surface area contributed by atoms with E-state index in [-0.39, 0.29) is 12.0 Å². The molecule has 5 heteroatoms. The summed E-state index contributed by atoms with van der Waals surface area (Å²) in [6.07, 6.45) is 0. The summed E-state index contributed by atoms with van der Waals surface area (Å²) >= 11 is 0. The van der Waals surface area contributed by atoms with Crippen molar-refractivity contribution >= 4 is 17.0 Å². The fourth-order valence-corrected chi connectivity index (χ4v) is 4.80. The summed E-state index contributed by atoms with van der Waals surface area (Å²) in [5.74, 6) is -0.384. The molecule has 132 valence electrons. The standard InChI is InChI=1S/C20H23NO3S/c1-19(2,3)25(23)21-17(15-11-7-5-8-12-15)20(21,18(22)24-4)16-13-9-6-10-14-16/h5-14,17H,1-4H3/t17-,20+,21?,25?/m0/s1. The van der Waals surface area contributed by atoms with E-state index in [4.69, 9.17) is 4.74 Å². The van der Waals surface area contributed by atoms with Crippen LogP contribution in [0.4, 0.5) is 0 Å². The Hall–Kier alpha value is -1.98. The van der Waals surface area contributed by atoms with Crippen molar-refractivity contribution in [2.45, 2.75) is 37.1 Å². The maximum Gasteiger partial charge on any atom is 0.333 e. The molecule has 0 aromatic heterocycles. The summed E-state index contributed by atoms with van der Waals surface area (Å²) in [5.41, 5.74) is 0.692. The van der Waals surface area contributed by atoms with Crippen LogP contribution in [0, 0.1) is 0 Å². The van der Waals surface area contributed by atoms with Crippen molar-refractivity contribution in [3.63, 3.8) is 0 Å². The lowest BCUT2D eigenvalue weighted by Crippen LogP contribution is -2.35. The Balaban J connectivity index is 2.19. The van der Waals surface area contributed by atoms with Gasteiger partial charge in [0, 0.05) is 0 Å². The van der Waals surface area contributed by atoms with Crippen molar-refractivity contribution in [2.24, 2.45) is 0 Å². The first-order valence-corrected chi connectivity index (χ1v) is 9.36. The van der Waals surface area contributed by atoms with Gasteiger partial charge in [0.15, 0.2) is 5.54 Å². The highest BCUT2D eigenvalue weighted by Gasteiger charge is 2.74. The Morgan fingerprint density at radius 3 is 2.04 bits per heavy atom. The monoisotopic (exact) mass is 357 g/mol. The zero-order chi connectivity index (χ0) is 18.2. The van der Waals surface area contributed by atoms with E-state index in [1.54, 1.807) is 4.31 Å². The Morgan fingerprint density at radius 1 is 1.04 bits per heavy atom. The molecule has 2 unspecified atom stereocenters. The molecule has 0 bridgehead atoms. The van der Waals surface area contributed by atoms with Gasteiger partial charge in [-0.1, -0.05) is 60.7 Å². The van der Waals surface area contributed by atoms with Crippen molar-refractivity contribution in [1.29, 1.82) is 0 Å². The Bertz CT molecular complexity index is 786. The third-order valence-corrected chi connectivity index (χ3v) is 6.34. The first-order valence-electron chi connectivity index (χ1n) is 8.25. The first-order chi connectivity index (χ1) is 11.8. The molecule has 4 atom stereocenters. The van der Waals surface area contributed by atoms with Crippen LogP contribution in [0.15, 0.2) is 60.7 Å². The molecule has 2 aromatic carbocycles. The van der Waals surface area contributed by atoms with Gasteiger partial charge in [0.1, 0.15) is 11.0 Å². The minimum atomic E-state index is -1.37. The molecular formula is C20H23NO3S. The molecule has 2 aromatic rings. The Kier molecular flexibility index (Phi) is 4.56. The lowest BCUT2D eigenvalue weighted by Gasteiger charge is -2.22. The molecule has 0 spiro atoms. The number of ether oxygens (including phenoxy) is 1. The smallest absolute Gasteiger partial charge is 0.333 e. The highest BCUT2D eigenvalue weighted by Crippen LogP contribution is 2.62. The number of hydrogen-bond acceptors (Lipinski definition) is 3. The summed E-state index contributed by atoms with van der Waals surface area (Å²) in [4.78, 5) is 12.9. The molecule has 4 nitrogen and oxygen atoms in total. The topological polar surface area (TPSA) is 46.4 Å². The van der Waals surface area contributed by atoms with Crippen LogP contribution in [0.1, 0.15) is 37.9 Å². The Labute approximate surface area is 151 Å². The Morgan fingerprint density at radius 2 is 1.56 bits per heavy atom. The van der Waals surface area contributed by atoms with Crippen molar-refractivity contribution in [3.05, 3.63) is 71.8 Å². The molecule has 0 saturated carbocycles. The summed E-state index contributed by atoms with van der Waals surface area (Å²) in [6.45, 7) is 5.74. The van der Waals surface area contributed by atoms with Gasteiger partial charge in [-0.15, -0.1) is 0 Å². The second-order valence-electron chi connectivity index (χ2n) is 7.12. The van der Waals surface area contributed by atoms with Gasteiger partial charge in [-0.05, 0) is 31.9 Å². The van der Waals surface area contributed by atoms with Gasteiger partial charge in [0.05, 0.1) is 17.9 Å². The van der Waals surface area contributed by atoms with Gasteiger partial charge in [0.25, 0.3) is 0 Å². The molecule has 25 heavy (non-hydrogen) atoms. The normalized spacial score (nSPS) is 26.7. The zero-order valence-electron chi connectivity index (χ0n) is 14.9. The molecule has 1 aliphatic rings. The maximum absolute atomic E-state index is 13.2. The van der Waals surface area contributed by atoms with Gasteiger partial charge in [-0.25, -0.2) is 9.00 Å². The van der Waals surface area contributed by atoms with Crippen LogP contribution in [0.5, 0.6) is 0 Å². The summed E-state index contributed by atoms with van der Waals surface area (Å²) in [7, 11) is 0.0125. The predicted molar refractivity (Wildman–Crippen MR) is 99.1 cm³/mol. The van der Waals surface area contributed by atoms with E-state index in [1.807, 2.05) is 81.4 Å². The van der Waals surface area contributed by atoms with Gasteiger partial charge in [0.2, 0.25) is 0 Å². The first kappa shape index (κ1) is 17.8. The second kappa shape index (κ2) is 6.39. The molecule has 3 rings (SSSR count). The molecule has 0 radical (unpaired) electrons. The average Bonchev–Trinajstić information content (AvgIpc) is 3.32. The minimum absolute atomic E-state index is 0.316. The third-order valence-electron chi connectivity index (χ3n) is 4.44. The van der Waals surface area contributed by atoms with Crippen molar-refractivity contribution in [2.75, 3.05) is 7.11 Å². The lowest BCUT2D eigenvalue weighted by atomic mass is 9.91. The van der Waals surface area contributed by atoms with E-state index in [9.17, 15) is 9.00 Å². The number of hydrogen-bond donors (Lipinski definition) is 0. The van der Waals surface area contributed by atoms with E-state index in [0.717, 1.165) is 11.1 Å². The number of nitrogens with zero attached hydrogens (tertiary/aromatic N) is 1. The highest BCUT2D eigenvalue weighted by molar-refractivity contribution is 7.84. The van der Waals surface area contributed by atoms with Crippen molar-refractivity contribution in [3.8, 4) is 0 Å². The molecule has 0 aliphatic carbocycles. The number of rotatable bonds is 4. The zero-order valence-corrected chi connectivity index (χ0v) is 15.7. The number of carbonyl (C=O) groups is 1. The van der Waals surface area contributed by atoms with Crippen LogP contribution in [0.25, 0.3) is 0 Å². The van der Waals surface area contributed by atoms with E-state index >= 15 is 0 Å². The highest BCUT2D eigenvalue weighted by atomic mass is 32.2. The quantitative estimate of drug-likeness (QED) is 0.621. The molecule has 1 saturated heterocycles. The van der Waals surface area contributed by atoms with Crippen LogP contribution in [0.3, 0.4) is 0 Å². The molecule has 1 fully saturated rings. The molecule has 0 amide bonds. The van der Waals surface area contributed by atoms with E-state index in [0.29, 0.717) is 0 Å². The molecule has 1 aliphatic heterocycles. The van der Waals surface area contributed by atoms with Gasteiger partial charge >= 0.3 is 5.97 Å². The summed E-state index contributed by atoms with van der Waals surface area (Å²) in [5, 5.41) is 0. The number of methoxy groups -OCH3 is 1. The number of carbonyl (C=O) groups excluding carboxylic acids is 1. The average molecular weight is 357 g/mol. The minimum Gasteiger partial charge on any atom is -0.467 e. The fraction of sp³-hybridized carbons (Fsp3) is 0.350. The molecule has 1 heterocycles. The van der Waals surface area contributed by atoms with E-state index in [1.165, 1.54) is 7.11 Å². The van der Waals surface area contributed by atoms with Gasteiger partial charge in [-0.2, -0.15) is 4.31 Å². The van der Waals surface area contributed by atoms with Crippen LogP contribution in [-0.4, -0.2) is 26.3 Å². The van der Waals surface area contributed by atoms with E-state index < -0.39 is 21.3 Å². The molecular weight excluding hydrogens is 334 g/mol. The maximum atomic E-state index is 13.2. The van der Waals surface area contributed by atoms with E-state index in [2.05, 4.69) is 0 Å². The van der Waals surface area contributed by atoms with Crippen molar-refractivity contribution in [1.82, 2.24) is 4.31 Å². The van der Waals surface area contributed by atoms with Gasteiger partial charge in [-0.3, -0.25) is 0 Å².